The second-order valence-corrected chi connectivity index (χ2v) is 7.58. The largest absolute Gasteiger partial charge is 0.459 e. The van der Waals surface area contributed by atoms with Crippen molar-refractivity contribution in [3.05, 3.63) is 47.7 Å². The number of furan rings is 1. The predicted molar refractivity (Wildman–Crippen MR) is 113 cm³/mol. The predicted octanol–water partition coefficient (Wildman–Crippen LogP) is 3.98. The van der Waals surface area contributed by atoms with Gasteiger partial charge in [0.05, 0.1) is 30.2 Å². The van der Waals surface area contributed by atoms with Crippen molar-refractivity contribution in [3.63, 3.8) is 0 Å². The number of aliphatic hydroxyl groups excluding tert-OH is 1. The van der Waals surface area contributed by atoms with E-state index in [0.717, 1.165) is 5.56 Å². The normalized spacial score (nSPS) is 13.3. The van der Waals surface area contributed by atoms with Crippen LogP contribution in [0, 0.1) is 18.7 Å². The number of aliphatic hydroxyl groups is 1. The molecule has 0 aliphatic heterocycles. The lowest BCUT2D eigenvalue weighted by molar-refractivity contribution is 0.208. The van der Waals surface area contributed by atoms with E-state index in [-0.39, 0.29) is 11.7 Å². The van der Waals surface area contributed by atoms with Crippen LogP contribution < -0.4 is 16.0 Å². The fraction of sp³-hybridized carbons (Fsp3) is 0.381. The summed E-state index contributed by atoms with van der Waals surface area (Å²) in [4.78, 5) is 20.7. The minimum absolute atomic E-state index is 0.0307. The van der Waals surface area contributed by atoms with Crippen LogP contribution in [0.25, 0.3) is 11.0 Å². The molecule has 2 atom stereocenters. The quantitative estimate of drug-likeness (QED) is 0.464. The molecule has 8 nitrogen and oxygen atoms in total. The topological polar surface area (TPSA) is 112 Å². The summed E-state index contributed by atoms with van der Waals surface area (Å²) in [5, 5.41) is 18.5. The summed E-state index contributed by atoms with van der Waals surface area (Å²) < 4.78 is 19.5. The Labute approximate surface area is 173 Å². The number of nitrogens with one attached hydrogen (secondary N) is 3. The van der Waals surface area contributed by atoms with Gasteiger partial charge in [-0.3, -0.25) is 0 Å². The zero-order valence-electron chi connectivity index (χ0n) is 17.4. The van der Waals surface area contributed by atoms with Crippen LogP contribution in [-0.4, -0.2) is 33.8 Å². The van der Waals surface area contributed by atoms with E-state index in [4.69, 9.17) is 4.42 Å². The van der Waals surface area contributed by atoms with Crippen molar-refractivity contribution < 1.29 is 18.7 Å². The van der Waals surface area contributed by atoms with Gasteiger partial charge in [-0.25, -0.2) is 19.2 Å². The summed E-state index contributed by atoms with van der Waals surface area (Å²) in [5.74, 6) is 0.640. The highest BCUT2D eigenvalue weighted by molar-refractivity contribution is 5.89. The van der Waals surface area contributed by atoms with Crippen LogP contribution >= 0.6 is 0 Å². The molecule has 0 fully saturated rings. The molecule has 0 saturated carbocycles. The first kappa shape index (κ1) is 21.5. The highest BCUT2D eigenvalue weighted by Gasteiger charge is 2.25. The van der Waals surface area contributed by atoms with Crippen LogP contribution in [0.1, 0.15) is 38.1 Å². The van der Waals surface area contributed by atoms with E-state index in [1.165, 1.54) is 24.5 Å². The van der Waals surface area contributed by atoms with Crippen LogP contribution in [0.5, 0.6) is 0 Å². The van der Waals surface area contributed by atoms with Gasteiger partial charge in [0.1, 0.15) is 17.2 Å². The highest BCUT2D eigenvalue weighted by Crippen LogP contribution is 2.33. The SMILES string of the molecule is Cc1c(C(NC(=O)Nc2cnc(NC[C@H](C)O)nc2)C(C)C)oc2ccc(F)cc12. The minimum Gasteiger partial charge on any atom is -0.459 e. The second kappa shape index (κ2) is 9.08. The minimum atomic E-state index is -0.525. The van der Waals surface area contributed by atoms with Gasteiger partial charge < -0.3 is 25.5 Å². The van der Waals surface area contributed by atoms with E-state index >= 15 is 0 Å². The average molecular weight is 415 g/mol. The molecule has 2 heterocycles. The van der Waals surface area contributed by atoms with Gasteiger partial charge in [0.25, 0.3) is 0 Å². The number of hydrogen-bond acceptors (Lipinski definition) is 6. The Morgan fingerprint density at radius 1 is 1.23 bits per heavy atom. The van der Waals surface area contributed by atoms with Crippen LogP contribution in [-0.2, 0) is 0 Å². The molecule has 30 heavy (non-hydrogen) atoms. The van der Waals surface area contributed by atoms with Crippen molar-refractivity contribution >= 4 is 28.6 Å². The molecule has 0 spiro atoms. The number of aryl methyl sites for hydroxylation is 1. The highest BCUT2D eigenvalue weighted by atomic mass is 19.1. The monoisotopic (exact) mass is 415 g/mol. The van der Waals surface area contributed by atoms with E-state index < -0.39 is 18.2 Å². The molecule has 4 N–H and O–H groups in total. The molecule has 2 amide bonds. The van der Waals surface area contributed by atoms with Crippen LogP contribution in [0.15, 0.2) is 35.0 Å². The number of aromatic nitrogens is 2. The Morgan fingerprint density at radius 3 is 2.57 bits per heavy atom. The molecular weight excluding hydrogens is 389 g/mol. The van der Waals surface area contributed by atoms with Crippen molar-refractivity contribution in [2.75, 3.05) is 17.2 Å². The van der Waals surface area contributed by atoms with E-state index in [1.54, 1.807) is 13.0 Å². The number of nitrogens with zero attached hydrogens (tertiary/aromatic N) is 2. The fourth-order valence-electron chi connectivity index (χ4n) is 3.07. The first-order chi connectivity index (χ1) is 14.2. The van der Waals surface area contributed by atoms with Gasteiger partial charge in [-0.05, 0) is 38.0 Å². The van der Waals surface area contributed by atoms with Crippen LogP contribution in [0.4, 0.5) is 20.8 Å². The molecule has 0 bridgehead atoms. The van der Waals surface area contributed by atoms with Crippen molar-refractivity contribution in [1.29, 1.82) is 0 Å². The molecule has 0 aliphatic rings. The third-order valence-electron chi connectivity index (χ3n) is 4.64. The second-order valence-electron chi connectivity index (χ2n) is 7.58. The Balaban J connectivity index is 1.71. The zero-order valence-corrected chi connectivity index (χ0v) is 17.4. The van der Waals surface area contributed by atoms with Gasteiger partial charge in [0.2, 0.25) is 5.95 Å². The zero-order chi connectivity index (χ0) is 21.8. The van der Waals surface area contributed by atoms with Gasteiger partial charge in [0.15, 0.2) is 0 Å². The molecule has 1 aromatic carbocycles. The Morgan fingerprint density at radius 2 is 1.93 bits per heavy atom. The number of amides is 2. The summed E-state index contributed by atoms with van der Waals surface area (Å²) in [7, 11) is 0. The summed E-state index contributed by atoms with van der Waals surface area (Å²) in [6.45, 7) is 7.75. The van der Waals surface area contributed by atoms with E-state index in [9.17, 15) is 14.3 Å². The number of anilines is 2. The number of carbonyl (C=O) groups excluding carboxylic acids is 1. The Bertz CT molecular complexity index is 1020. The average Bonchev–Trinajstić information content (AvgIpc) is 3.01. The summed E-state index contributed by atoms with van der Waals surface area (Å²) in [6.07, 6.45) is 2.41. The third-order valence-corrected chi connectivity index (χ3v) is 4.64. The van der Waals surface area contributed by atoms with Gasteiger partial charge in [0, 0.05) is 17.5 Å². The summed E-state index contributed by atoms with van der Waals surface area (Å²) in [5.41, 5.74) is 1.78. The molecule has 3 rings (SSSR count). The summed E-state index contributed by atoms with van der Waals surface area (Å²) in [6, 6.07) is 3.52. The molecule has 0 aliphatic carbocycles. The molecule has 3 aromatic rings. The first-order valence-electron chi connectivity index (χ1n) is 9.74. The third kappa shape index (κ3) is 5.04. The Kier molecular flexibility index (Phi) is 6.51. The van der Waals surface area contributed by atoms with Crippen molar-refractivity contribution in [3.8, 4) is 0 Å². The molecule has 2 aromatic heterocycles. The molecule has 0 saturated heterocycles. The number of fused-ring (bicyclic) bond motifs is 1. The number of carbonyl (C=O) groups is 1. The van der Waals surface area contributed by atoms with Crippen molar-refractivity contribution in [2.24, 2.45) is 5.92 Å². The first-order valence-corrected chi connectivity index (χ1v) is 9.74. The molecule has 0 radical (unpaired) electrons. The smallest absolute Gasteiger partial charge is 0.319 e. The molecule has 160 valence electrons. The maximum atomic E-state index is 13.6. The summed E-state index contributed by atoms with van der Waals surface area (Å²) >= 11 is 0. The lowest BCUT2D eigenvalue weighted by atomic mass is 9.98. The number of hydrogen-bond donors (Lipinski definition) is 4. The standard InChI is InChI=1S/C21H26FN5O3/c1-11(2)18(19-13(4)16-7-14(22)5-6-17(16)30-19)27-21(29)26-15-9-24-20(25-10-15)23-8-12(3)28/h5-7,9-12,18,28H,8H2,1-4H3,(H,23,24,25)(H2,26,27,29)/t12-,18?/m0/s1. The number of rotatable bonds is 7. The van der Waals surface area contributed by atoms with E-state index in [2.05, 4.69) is 25.9 Å². The lowest BCUT2D eigenvalue weighted by Crippen LogP contribution is -2.35. The fourth-order valence-corrected chi connectivity index (χ4v) is 3.07. The molecule has 1 unspecified atom stereocenters. The maximum Gasteiger partial charge on any atom is 0.319 e. The number of benzene rings is 1. The van der Waals surface area contributed by atoms with E-state index in [1.807, 2.05) is 20.8 Å². The van der Waals surface area contributed by atoms with E-state index in [0.29, 0.717) is 34.9 Å². The van der Waals surface area contributed by atoms with Gasteiger partial charge in [-0.2, -0.15) is 0 Å². The van der Waals surface area contributed by atoms with Gasteiger partial charge >= 0.3 is 6.03 Å². The van der Waals surface area contributed by atoms with Crippen LogP contribution in [0.2, 0.25) is 0 Å². The van der Waals surface area contributed by atoms with Crippen LogP contribution in [0.3, 0.4) is 0 Å². The van der Waals surface area contributed by atoms with Gasteiger partial charge in [-0.15, -0.1) is 0 Å². The lowest BCUT2D eigenvalue weighted by Gasteiger charge is -2.21. The molecular formula is C21H26FN5O3. The van der Waals surface area contributed by atoms with Crippen molar-refractivity contribution in [2.45, 2.75) is 39.8 Å². The van der Waals surface area contributed by atoms with Gasteiger partial charge in [-0.1, -0.05) is 13.8 Å². The maximum absolute atomic E-state index is 13.6. The number of urea groups is 1. The van der Waals surface area contributed by atoms with Crippen molar-refractivity contribution in [1.82, 2.24) is 15.3 Å². The Hall–Kier alpha value is -3.20. The molecule has 9 heteroatoms. The number of halogens is 1.